The highest BCUT2D eigenvalue weighted by molar-refractivity contribution is 5.73. The molecule has 0 aliphatic carbocycles. The van der Waals surface area contributed by atoms with Crippen LogP contribution in [0.3, 0.4) is 0 Å². The van der Waals surface area contributed by atoms with Crippen LogP contribution in [0.15, 0.2) is 84.9 Å². The predicted molar refractivity (Wildman–Crippen MR) is 174 cm³/mol. The van der Waals surface area contributed by atoms with Gasteiger partial charge in [-0.05, 0) is 64.8 Å². The summed E-state index contributed by atoms with van der Waals surface area (Å²) >= 11 is 0. The first-order chi connectivity index (χ1) is 20.6. The van der Waals surface area contributed by atoms with Gasteiger partial charge in [0.05, 0.1) is 6.61 Å². The number of aryl methyl sites for hydroxylation is 1. The van der Waals surface area contributed by atoms with Gasteiger partial charge >= 0.3 is 0 Å². The summed E-state index contributed by atoms with van der Waals surface area (Å²) in [5.74, 6) is -1.80. The lowest BCUT2D eigenvalue weighted by Crippen LogP contribution is -2.01. The van der Waals surface area contributed by atoms with Crippen LogP contribution >= 0.6 is 0 Å². The van der Waals surface area contributed by atoms with E-state index in [1.165, 1.54) is 74.1 Å². The molecule has 0 heterocycles. The Morgan fingerprint density at radius 1 is 0.452 bits per heavy atom. The molecule has 4 rings (SSSR count). The molecule has 3 heteroatoms. The second-order valence-corrected chi connectivity index (χ2v) is 11.4. The van der Waals surface area contributed by atoms with Crippen molar-refractivity contribution in [1.29, 1.82) is 0 Å². The first-order valence-electron chi connectivity index (χ1n) is 16.0. The van der Waals surface area contributed by atoms with E-state index >= 15 is 0 Å². The van der Waals surface area contributed by atoms with E-state index in [4.69, 9.17) is 4.74 Å². The maximum Gasteiger partial charge on any atom is 0.201 e. The van der Waals surface area contributed by atoms with Crippen LogP contribution in [-0.4, -0.2) is 6.61 Å². The number of unbranched alkanes of at least 4 members (excludes halogenated alkanes) is 9. The summed E-state index contributed by atoms with van der Waals surface area (Å²) in [7, 11) is 0. The van der Waals surface area contributed by atoms with Gasteiger partial charge in [-0.15, -0.1) is 0 Å². The smallest absolute Gasteiger partial charge is 0.201 e. The Hall–Kier alpha value is -3.46. The van der Waals surface area contributed by atoms with Crippen molar-refractivity contribution in [2.75, 3.05) is 6.61 Å². The molecule has 4 aromatic rings. The van der Waals surface area contributed by atoms with Gasteiger partial charge in [-0.25, -0.2) is 4.39 Å². The summed E-state index contributed by atoms with van der Waals surface area (Å²) in [4.78, 5) is 0. The second kappa shape index (κ2) is 16.9. The van der Waals surface area contributed by atoms with Crippen molar-refractivity contribution >= 4 is 0 Å². The lowest BCUT2D eigenvalue weighted by molar-refractivity contribution is 0.285. The van der Waals surface area contributed by atoms with Crippen molar-refractivity contribution in [3.05, 3.63) is 102 Å². The number of halogens is 2. The molecule has 0 radical (unpaired) electrons. The molecule has 0 bridgehead atoms. The van der Waals surface area contributed by atoms with E-state index in [0.29, 0.717) is 12.2 Å². The van der Waals surface area contributed by atoms with Gasteiger partial charge in [0.2, 0.25) is 5.82 Å². The average molecular weight is 569 g/mol. The molecular weight excluding hydrogens is 522 g/mol. The van der Waals surface area contributed by atoms with Crippen LogP contribution in [-0.2, 0) is 6.42 Å². The van der Waals surface area contributed by atoms with Crippen LogP contribution < -0.4 is 4.74 Å². The van der Waals surface area contributed by atoms with Crippen molar-refractivity contribution in [3.8, 4) is 39.1 Å². The lowest BCUT2D eigenvalue weighted by atomic mass is 9.97. The van der Waals surface area contributed by atoms with Gasteiger partial charge in [0.25, 0.3) is 0 Å². The molecule has 0 aliphatic rings. The third-order valence-corrected chi connectivity index (χ3v) is 8.07. The lowest BCUT2D eigenvalue weighted by Gasteiger charge is -2.11. The molecule has 1 nitrogen and oxygen atoms in total. The van der Waals surface area contributed by atoms with Crippen molar-refractivity contribution in [3.63, 3.8) is 0 Å². The van der Waals surface area contributed by atoms with Gasteiger partial charge in [-0.3, -0.25) is 0 Å². The van der Waals surface area contributed by atoms with Gasteiger partial charge in [0.1, 0.15) is 0 Å². The highest BCUT2D eigenvalue weighted by Gasteiger charge is 2.16. The molecule has 4 aromatic carbocycles. The van der Waals surface area contributed by atoms with Crippen molar-refractivity contribution in [2.45, 2.75) is 90.9 Å². The van der Waals surface area contributed by atoms with Crippen LogP contribution in [0.2, 0.25) is 0 Å². The van der Waals surface area contributed by atoms with Crippen molar-refractivity contribution in [1.82, 2.24) is 0 Å². The number of rotatable bonds is 17. The van der Waals surface area contributed by atoms with E-state index in [1.54, 1.807) is 6.07 Å². The molecule has 222 valence electrons. The molecule has 0 saturated carbocycles. The van der Waals surface area contributed by atoms with Crippen molar-refractivity contribution in [2.24, 2.45) is 0 Å². The predicted octanol–water partition coefficient (Wildman–Crippen LogP) is 12.2. The van der Waals surface area contributed by atoms with Gasteiger partial charge < -0.3 is 4.74 Å². The summed E-state index contributed by atoms with van der Waals surface area (Å²) in [5, 5.41) is 0. The number of benzene rings is 4. The van der Waals surface area contributed by atoms with E-state index in [2.05, 4.69) is 62.4 Å². The zero-order chi connectivity index (χ0) is 29.6. The zero-order valence-corrected chi connectivity index (χ0v) is 25.4. The van der Waals surface area contributed by atoms with Crippen LogP contribution in [0.1, 0.15) is 90.0 Å². The van der Waals surface area contributed by atoms with E-state index in [0.717, 1.165) is 36.8 Å². The molecule has 0 aliphatic heterocycles. The quantitative estimate of drug-likeness (QED) is 0.115. The fourth-order valence-electron chi connectivity index (χ4n) is 5.42. The van der Waals surface area contributed by atoms with E-state index < -0.39 is 11.6 Å². The first kappa shape index (κ1) is 31.5. The minimum absolute atomic E-state index is 0.0177. The minimum atomic E-state index is -0.920. The number of hydrogen-bond donors (Lipinski definition) is 0. The Kier molecular flexibility index (Phi) is 12.6. The summed E-state index contributed by atoms with van der Waals surface area (Å²) < 4.78 is 35.2. The topological polar surface area (TPSA) is 9.23 Å². The third kappa shape index (κ3) is 9.02. The third-order valence-electron chi connectivity index (χ3n) is 8.07. The maximum absolute atomic E-state index is 14.9. The fraction of sp³-hybridized carbons (Fsp3) is 0.385. The first-order valence-corrected chi connectivity index (χ1v) is 16.0. The van der Waals surface area contributed by atoms with Crippen LogP contribution in [0.5, 0.6) is 5.75 Å². The monoisotopic (exact) mass is 568 g/mol. The molecule has 0 amide bonds. The van der Waals surface area contributed by atoms with Gasteiger partial charge in [0, 0.05) is 5.56 Å². The Morgan fingerprint density at radius 3 is 1.45 bits per heavy atom. The minimum Gasteiger partial charge on any atom is -0.490 e. The highest BCUT2D eigenvalue weighted by atomic mass is 19.2. The number of hydrogen-bond acceptors (Lipinski definition) is 1. The fourth-order valence-corrected chi connectivity index (χ4v) is 5.42. The SMILES string of the molecule is CCCCCCCCc1ccc(-c2ccc(-c3ccc(-c4ccc(OCCCCCCC)c(F)c4F)cc3)cc2)cc1. The second-order valence-electron chi connectivity index (χ2n) is 11.4. The Morgan fingerprint density at radius 2 is 0.905 bits per heavy atom. The molecule has 0 spiro atoms. The Labute approximate surface area is 252 Å². The molecule has 0 fully saturated rings. The molecule has 0 N–H and O–H groups in total. The normalized spacial score (nSPS) is 11.1. The zero-order valence-electron chi connectivity index (χ0n) is 25.4. The van der Waals surface area contributed by atoms with Crippen LogP contribution in [0, 0.1) is 11.6 Å². The van der Waals surface area contributed by atoms with Gasteiger partial charge in [-0.1, -0.05) is 144 Å². The standard InChI is InChI=1S/C39H46F2O/c1-3-5-7-9-10-12-14-30-15-17-31(18-16-30)32-19-21-33(22-20-32)34-23-25-35(26-24-34)36-27-28-37(39(41)38(36)40)42-29-13-11-8-6-4-2/h15-28H,3-14,29H2,1-2H3. The largest absolute Gasteiger partial charge is 0.490 e. The Bertz CT molecular complexity index is 1340. The summed E-state index contributed by atoms with van der Waals surface area (Å²) in [6, 6.07) is 28.2. The van der Waals surface area contributed by atoms with Crippen LogP contribution in [0.4, 0.5) is 8.78 Å². The molecular formula is C39H46F2O. The highest BCUT2D eigenvalue weighted by Crippen LogP contribution is 2.32. The Balaban J connectivity index is 1.33. The van der Waals surface area contributed by atoms with E-state index in [9.17, 15) is 8.78 Å². The summed E-state index contributed by atoms with van der Waals surface area (Å²) in [6.45, 7) is 4.82. The van der Waals surface area contributed by atoms with E-state index in [-0.39, 0.29) is 11.3 Å². The molecule has 0 atom stereocenters. The van der Waals surface area contributed by atoms with E-state index in [1.807, 2.05) is 24.3 Å². The number of ether oxygens (including phenoxy) is 1. The van der Waals surface area contributed by atoms with Gasteiger partial charge in [0.15, 0.2) is 11.6 Å². The summed E-state index contributed by atoms with van der Waals surface area (Å²) in [6.07, 6.45) is 14.5. The molecule has 0 aromatic heterocycles. The maximum atomic E-state index is 14.9. The van der Waals surface area contributed by atoms with Crippen LogP contribution in [0.25, 0.3) is 33.4 Å². The molecule has 0 saturated heterocycles. The van der Waals surface area contributed by atoms with Gasteiger partial charge in [-0.2, -0.15) is 4.39 Å². The molecule has 0 unspecified atom stereocenters. The molecule has 42 heavy (non-hydrogen) atoms. The average Bonchev–Trinajstić information content (AvgIpc) is 3.03. The van der Waals surface area contributed by atoms with Crippen molar-refractivity contribution < 1.29 is 13.5 Å². The summed E-state index contributed by atoms with van der Waals surface area (Å²) in [5.41, 5.74) is 6.79.